The Morgan fingerprint density at radius 1 is 1.20 bits per heavy atom. The van der Waals surface area contributed by atoms with Crippen LogP contribution in [0.5, 0.6) is 5.75 Å². The highest BCUT2D eigenvalue weighted by Crippen LogP contribution is 2.23. The Hall–Kier alpha value is -2.97. The fraction of sp³-hybridized carbons (Fsp3) is 0.250. The molecule has 0 fully saturated rings. The average molecular weight is 356 g/mol. The summed E-state index contributed by atoms with van der Waals surface area (Å²) in [4.78, 5) is 25.3. The zero-order valence-corrected chi connectivity index (χ0v) is 13.4. The van der Waals surface area contributed by atoms with Crippen LogP contribution in [-0.4, -0.2) is 36.7 Å². The first-order valence-corrected chi connectivity index (χ1v) is 7.11. The third kappa shape index (κ3) is 5.27. The number of likely N-dealkylation sites (N-methyl/N-ethyl adjacent to an activating group) is 1. The molecule has 9 heteroatoms. The molecule has 134 valence electrons. The van der Waals surface area contributed by atoms with E-state index in [2.05, 4.69) is 10.1 Å². The summed E-state index contributed by atoms with van der Waals surface area (Å²) in [5.41, 5.74) is 0.629. The number of rotatable bonds is 5. The van der Waals surface area contributed by atoms with Crippen molar-refractivity contribution in [1.29, 1.82) is 0 Å². The Morgan fingerprint density at radius 2 is 1.84 bits per heavy atom. The van der Waals surface area contributed by atoms with E-state index in [1.165, 1.54) is 36.4 Å². The van der Waals surface area contributed by atoms with Crippen LogP contribution in [0.25, 0.3) is 0 Å². The van der Waals surface area contributed by atoms with Crippen LogP contribution in [0, 0.1) is 6.92 Å². The van der Waals surface area contributed by atoms with E-state index in [1.54, 1.807) is 6.92 Å². The van der Waals surface area contributed by atoms with Gasteiger partial charge >= 0.3 is 6.36 Å². The fourth-order valence-corrected chi connectivity index (χ4v) is 2.04. The van der Waals surface area contributed by atoms with E-state index < -0.39 is 18.0 Å². The second-order valence-electron chi connectivity index (χ2n) is 5.17. The predicted molar refractivity (Wildman–Crippen MR) is 82.2 cm³/mol. The second kappa shape index (κ2) is 7.29. The van der Waals surface area contributed by atoms with Gasteiger partial charge in [0.2, 0.25) is 5.91 Å². The minimum Gasteiger partial charge on any atom is -0.469 e. The minimum absolute atomic E-state index is 0.232. The Morgan fingerprint density at radius 3 is 2.36 bits per heavy atom. The molecule has 0 spiro atoms. The number of ether oxygens (including phenoxy) is 1. The molecule has 2 aromatic rings. The van der Waals surface area contributed by atoms with Gasteiger partial charge in [-0.3, -0.25) is 9.59 Å². The number of furan rings is 1. The summed E-state index contributed by atoms with van der Waals surface area (Å²) in [6.07, 6.45) is -3.40. The topological polar surface area (TPSA) is 71.8 Å². The molecule has 25 heavy (non-hydrogen) atoms. The number of amides is 2. The molecule has 0 saturated carbocycles. The molecule has 1 heterocycles. The van der Waals surface area contributed by atoms with Gasteiger partial charge in [0.1, 0.15) is 11.5 Å². The first kappa shape index (κ1) is 18.4. The minimum atomic E-state index is -4.78. The van der Waals surface area contributed by atoms with E-state index in [4.69, 9.17) is 4.42 Å². The van der Waals surface area contributed by atoms with Crippen LogP contribution in [0.1, 0.15) is 16.1 Å². The van der Waals surface area contributed by atoms with Crippen molar-refractivity contribution in [2.24, 2.45) is 0 Å². The number of carbonyl (C=O) groups is 2. The first-order valence-electron chi connectivity index (χ1n) is 7.11. The fourth-order valence-electron chi connectivity index (χ4n) is 2.04. The summed E-state index contributed by atoms with van der Waals surface area (Å²) in [5.74, 6) is -0.831. The molecule has 1 N–H and O–H groups in total. The lowest BCUT2D eigenvalue weighted by Gasteiger charge is -2.16. The molecule has 0 saturated heterocycles. The SMILES string of the molecule is Cc1occc1C(=O)N(C)CC(=O)Nc1ccc(OC(F)(F)F)cc1. The molecule has 0 aliphatic rings. The lowest BCUT2D eigenvalue weighted by Crippen LogP contribution is -2.35. The van der Waals surface area contributed by atoms with Gasteiger partial charge in [0, 0.05) is 12.7 Å². The lowest BCUT2D eigenvalue weighted by atomic mass is 10.2. The van der Waals surface area contributed by atoms with Gasteiger partial charge in [0.15, 0.2) is 0 Å². The summed E-state index contributed by atoms with van der Waals surface area (Å²) in [7, 11) is 1.45. The number of halogens is 3. The summed E-state index contributed by atoms with van der Waals surface area (Å²) in [6, 6.07) is 6.19. The molecule has 0 unspecified atom stereocenters. The van der Waals surface area contributed by atoms with Crippen molar-refractivity contribution in [1.82, 2.24) is 4.90 Å². The third-order valence-corrected chi connectivity index (χ3v) is 3.19. The normalized spacial score (nSPS) is 11.1. The average Bonchev–Trinajstić information content (AvgIpc) is 2.93. The van der Waals surface area contributed by atoms with Crippen LogP contribution in [0.3, 0.4) is 0 Å². The Balaban J connectivity index is 1.91. The molecule has 1 aromatic heterocycles. The maximum Gasteiger partial charge on any atom is 0.573 e. The molecule has 0 bridgehead atoms. The largest absolute Gasteiger partial charge is 0.573 e. The van der Waals surface area contributed by atoms with E-state index in [1.807, 2.05) is 0 Å². The molecule has 6 nitrogen and oxygen atoms in total. The van der Waals surface area contributed by atoms with E-state index >= 15 is 0 Å². The van der Waals surface area contributed by atoms with Crippen molar-refractivity contribution in [2.45, 2.75) is 13.3 Å². The van der Waals surface area contributed by atoms with Crippen molar-refractivity contribution < 1.29 is 31.9 Å². The zero-order valence-electron chi connectivity index (χ0n) is 13.4. The standard InChI is InChI=1S/C16H15F3N2O4/c1-10-13(7-8-24-10)15(23)21(2)9-14(22)20-11-3-5-12(6-4-11)25-16(17,18)19/h3-8H,9H2,1-2H3,(H,20,22). The number of hydrogen-bond acceptors (Lipinski definition) is 4. The van der Waals surface area contributed by atoms with Crippen molar-refractivity contribution in [3.63, 3.8) is 0 Å². The third-order valence-electron chi connectivity index (χ3n) is 3.19. The predicted octanol–water partition coefficient (Wildman–Crippen LogP) is 3.20. The van der Waals surface area contributed by atoms with E-state index in [-0.39, 0.29) is 18.1 Å². The van der Waals surface area contributed by atoms with Crippen molar-refractivity contribution in [3.05, 3.63) is 47.9 Å². The maximum absolute atomic E-state index is 12.2. The van der Waals surface area contributed by atoms with Gasteiger partial charge in [-0.15, -0.1) is 13.2 Å². The number of alkyl halides is 3. The molecular formula is C16H15F3N2O4. The smallest absolute Gasteiger partial charge is 0.469 e. The molecule has 2 rings (SSSR count). The molecule has 0 aliphatic heterocycles. The number of hydrogen-bond donors (Lipinski definition) is 1. The highest BCUT2D eigenvalue weighted by Gasteiger charge is 2.31. The van der Waals surface area contributed by atoms with Gasteiger partial charge < -0.3 is 19.4 Å². The van der Waals surface area contributed by atoms with E-state index in [9.17, 15) is 22.8 Å². The highest BCUT2D eigenvalue weighted by molar-refractivity contribution is 5.99. The van der Waals surface area contributed by atoms with Crippen molar-refractivity contribution >= 4 is 17.5 Å². The quantitative estimate of drug-likeness (QED) is 0.893. The van der Waals surface area contributed by atoms with Gasteiger partial charge in [-0.1, -0.05) is 0 Å². The van der Waals surface area contributed by atoms with Gasteiger partial charge in [-0.2, -0.15) is 0 Å². The number of aryl methyl sites for hydroxylation is 1. The molecular weight excluding hydrogens is 341 g/mol. The van der Waals surface area contributed by atoms with Crippen molar-refractivity contribution in [3.8, 4) is 5.75 Å². The Bertz CT molecular complexity index is 753. The number of carbonyl (C=O) groups excluding carboxylic acids is 2. The number of benzene rings is 1. The summed E-state index contributed by atoms with van der Waals surface area (Å²) in [6.45, 7) is 1.40. The molecule has 0 aliphatic carbocycles. The second-order valence-corrected chi connectivity index (χ2v) is 5.17. The van der Waals surface area contributed by atoms with Gasteiger partial charge in [-0.05, 0) is 37.3 Å². The maximum atomic E-state index is 12.2. The first-order chi connectivity index (χ1) is 11.7. The van der Waals surface area contributed by atoms with Crippen LogP contribution in [0.4, 0.5) is 18.9 Å². The molecule has 0 atom stereocenters. The lowest BCUT2D eigenvalue weighted by molar-refractivity contribution is -0.274. The Kier molecular flexibility index (Phi) is 5.35. The summed E-state index contributed by atoms with van der Waals surface area (Å²) < 4.78 is 45.0. The molecule has 2 amide bonds. The highest BCUT2D eigenvalue weighted by atomic mass is 19.4. The summed E-state index contributed by atoms with van der Waals surface area (Å²) in [5, 5.41) is 2.48. The number of anilines is 1. The van der Waals surface area contributed by atoms with Gasteiger partial charge in [-0.25, -0.2) is 0 Å². The van der Waals surface area contributed by atoms with E-state index in [0.717, 1.165) is 12.1 Å². The van der Waals surface area contributed by atoms with Gasteiger partial charge in [0.25, 0.3) is 5.91 Å². The van der Waals surface area contributed by atoms with Crippen LogP contribution < -0.4 is 10.1 Å². The van der Waals surface area contributed by atoms with Crippen LogP contribution in [0.15, 0.2) is 41.0 Å². The van der Waals surface area contributed by atoms with Crippen LogP contribution in [-0.2, 0) is 4.79 Å². The van der Waals surface area contributed by atoms with Crippen LogP contribution >= 0.6 is 0 Å². The Labute approximate surface area is 141 Å². The molecule has 1 aromatic carbocycles. The number of nitrogens with one attached hydrogen (secondary N) is 1. The molecule has 0 radical (unpaired) electrons. The van der Waals surface area contributed by atoms with Gasteiger partial charge in [0.05, 0.1) is 18.4 Å². The van der Waals surface area contributed by atoms with Crippen LogP contribution in [0.2, 0.25) is 0 Å². The summed E-state index contributed by atoms with van der Waals surface area (Å²) >= 11 is 0. The monoisotopic (exact) mass is 356 g/mol. The number of nitrogens with zero attached hydrogens (tertiary/aromatic N) is 1. The van der Waals surface area contributed by atoms with Crippen molar-refractivity contribution in [2.75, 3.05) is 18.9 Å². The zero-order chi connectivity index (χ0) is 18.6. The van der Waals surface area contributed by atoms with E-state index in [0.29, 0.717) is 11.3 Å².